The van der Waals surface area contributed by atoms with Gasteiger partial charge >= 0.3 is 0 Å². The van der Waals surface area contributed by atoms with Gasteiger partial charge in [-0.1, -0.05) is 0 Å². The number of aromatic nitrogens is 2. The third kappa shape index (κ3) is 2.72. The van der Waals surface area contributed by atoms with Gasteiger partial charge in [-0.25, -0.2) is 0 Å². The molecule has 0 saturated heterocycles. The molecule has 0 aromatic carbocycles. The Kier molecular flexibility index (Phi) is 3.78. The number of hydrogen-bond donors (Lipinski definition) is 1. The van der Waals surface area contributed by atoms with Gasteiger partial charge in [0.1, 0.15) is 0 Å². The van der Waals surface area contributed by atoms with E-state index in [4.69, 9.17) is 0 Å². The van der Waals surface area contributed by atoms with Crippen molar-refractivity contribution in [2.75, 3.05) is 0 Å². The highest BCUT2D eigenvalue weighted by Gasteiger charge is 2.03. The molecule has 0 aliphatic carbocycles. The van der Waals surface area contributed by atoms with Crippen molar-refractivity contribution in [1.29, 1.82) is 0 Å². The molecule has 0 saturated carbocycles. The molecular weight excluding hydrogens is 286 g/mol. The van der Waals surface area contributed by atoms with Crippen molar-refractivity contribution >= 4 is 27.3 Å². The highest BCUT2D eigenvalue weighted by molar-refractivity contribution is 9.11. The monoisotopic (exact) mass is 299 g/mol. The Morgan fingerprint density at radius 1 is 1.50 bits per heavy atom. The van der Waals surface area contributed by atoms with E-state index in [2.05, 4.69) is 39.3 Å². The summed E-state index contributed by atoms with van der Waals surface area (Å²) >= 11 is 5.32. The van der Waals surface area contributed by atoms with Crippen LogP contribution in [0.3, 0.4) is 0 Å². The van der Waals surface area contributed by atoms with Gasteiger partial charge in [0.05, 0.1) is 9.48 Å². The zero-order valence-electron chi connectivity index (χ0n) is 9.33. The molecule has 86 valence electrons. The van der Waals surface area contributed by atoms with E-state index >= 15 is 0 Å². The third-order valence-corrected chi connectivity index (χ3v) is 4.57. The fourth-order valence-corrected chi connectivity index (χ4v) is 3.10. The highest BCUT2D eigenvalue weighted by atomic mass is 79.9. The molecule has 2 heterocycles. The second kappa shape index (κ2) is 5.12. The van der Waals surface area contributed by atoms with Crippen molar-refractivity contribution in [1.82, 2.24) is 15.1 Å². The molecule has 1 N–H and O–H groups in total. The molecule has 16 heavy (non-hydrogen) atoms. The van der Waals surface area contributed by atoms with Gasteiger partial charge in [-0.3, -0.25) is 4.68 Å². The summed E-state index contributed by atoms with van der Waals surface area (Å²) in [6, 6.07) is 4.24. The lowest BCUT2D eigenvalue weighted by molar-refractivity contribution is 0.629. The molecule has 2 aromatic heterocycles. The molecule has 3 nitrogen and oxygen atoms in total. The van der Waals surface area contributed by atoms with E-state index in [1.807, 2.05) is 24.0 Å². The van der Waals surface area contributed by atoms with Crippen molar-refractivity contribution in [3.8, 4) is 0 Å². The highest BCUT2D eigenvalue weighted by Crippen LogP contribution is 2.27. The number of hydrogen-bond acceptors (Lipinski definition) is 3. The van der Waals surface area contributed by atoms with Crippen LogP contribution in [0.2, 0.25) is 0 Å². The van der Waals surface area contributed by atoms with E-state index in [1.165, 1.54) is 19.9 Å². The SMILES string of the molecule is Cc1cc(CNCc2ccnn2C)sc1Br. The lowest BCUT2D eigenvalue weighted by Gasteiger charge is -2.03. The zero-order valence-corrected chi connectivity index (χ0v) is 11.7. The second-order valence-corrected chi connectivity index (χ2v) is 6.17. The Balaban J connectivity index is 1.87. The lowest BCUT2D eigenvalue weighted by atomic mass is 10.3. The van der Waals surface area contributed by atoms with Gasteiger partial charge in [0, 0.05) is 31.2 Å². The van der Waals surface area contributed by atoms with Crippen molar-refractivity contribution in [3.05, 3.63) is 38.3 Å². The lowest BCUT2D eigenvalue weighted by Crippen LogP contribution is -2.14. The van der Waals surface area contributed by atoms with Gasteiger partial charge < -0.3 is 5.32 Å². The minimum Gasteiger partial charge on any atom is -0.306 e. The van der Waals surface area contributed by atoms with E-state index in [0.717, 1.165) is 13.1 Å². The molecule has 2 rings (SSSR count). The zero-order chi connectivity index (χ0) is 11.5. The Bertz CT molecular complexity index is 456. The maximum atomic E-state index is 4.13. The molecule has 2 aromatic rings. The number of nitrogens with one attached hydrogen (secondary N) is 1. The van der Waals surface area contributed by atoms with Gasteiger partial charge in [0.15, 0.2) is 0 Å². The van der Waals surface area contributed by atoms with Crippen LogP contribution in [-0.4, -0.2) is 9.78 Å². The number of halogens is 1. The van der Waals surface area contributed by atoms with Crippen molar-refractivity contribution in [3.63, 3.8) is 0 Å². The molecule has 0 amide bonds. The normalized spacial score (nSPS) is 10.9. The quantitative estimate of drug-likeness (QED) is 0.941. The molecule has 0 aliphatic rings. The summed E-state index contributed by atoms with van der Waals surface area (Å²) < 4.78 is 3.12. The largest absolute Gasteiger partial charge is 0.306 e. The molecule has 0 unspecified atom stereocenters. The second-order valence-electron chi connectivity index (χ2n) is 3.72. The summed E-state index contributed by atoms with van der Waals surface area (Å²) in [6.07, 6.45) is 1.82. The van der Waals surface area contributed by atoms with E-state index < -0.39 is 0 Å². The average molecular weight is 300 g/mol. The summed E-state index contributed by atoms with van der Waals surface area (Å²) in [5.41, 5.74) is 2.51. The first kappa shape index (κ1) is 11.8. The van der Waals surface area contributed by atoms with Crippen LogP contribution in [0.15, 0.2) is 22.1 Å². The molecule has 0 fully saturated rings. The van der Waals surface area contributed by atoms with Gasteiger partial charge in [0.2, 0.25) is 0 Å². The maximum Gasteiger partial charge on any atom is 0.0730 e. The summed E-state index contributed by atoms with van der Waals surface area (Å²) in [6.45, 7) is 3.87. The number of thiophene rings is 1. The van der Waals surface area contributed by atoms with Crippen LogP contribution >= 0.6 is 27.3 Å². The van der Waals surface area contributed by atoms with Crippen LogP contribution < -0.4 is 5.32 Å². The number of nitrogens with zero attached hydrogens (tertiary/aromatic N) is 2. The van der Waals surface area contributed by atoms with Gasteiger partial charge in [-0.2, -0.15) is 5.10 Å². The summed E-state index contributed by atoms with van der Waals surface area (Å²) in [5.74, 6) is 0. The Morgan fingerprint density at radius 3 is 2.88 bits per heavy atom. The standard InChI is InChI=1S/C11H14BrN3S/c1-8-5-10(16-11(8)12)7-13-6-9-3-4-14-15(9)2/h3-5,13H,6-7H2,1-2H3. The first-order chi connectivity index (χ1) is 7.66. The van der Waals surface area contributed by atoms with Crippen LogP contribution in [0.5, 0.6) is 0 Å². The minimum atomic E-state index is 0.852. The Morgan fingerprint density at radius 2 is 2.31 bits per heavy atom. The van der Waals surface area contributed by atoms with Crippen molar-refractivity contribution in [2.24, 2.45) is 7.05 Å². The Labute approximate surface area is 108 Å². The summed E-state index contributed by atoms with van der Waals surface area (Å²) in [4.78, 5) is 1.35. The summed E-state index contributed by atoms with van der Waals surface area (Å²) in [5, 5.41) is 7.55. The van der Waals surface area contributed by atoms with Crippen LogP contribution in [-0.2, 0) is 20.1 Å². The smallest absolute Gasteiger partial charge is 0.0730 e. The van der Waals surface area contributed by atoms with Gasteiger partial charge in [-0.05, 0) is 40.5 Å². The van der Waals surface area contributed by atoms with Gasteiger partial charge in [-0.15, -0.1) is 11.3 Å². The molecule has 0 radical (unpaired) electrons. The van der Waals surface area contributed by atoms with Crippen molar-refractivity contribution < 1.29 is 0 Å². The van der Waals surface area contributed by atoms with E-state index in [9.17, 15) is 0 Å². The first-order valence-electron chi connectivity index (χ1n) is 5.09. The summed E-state index contributed by atoms with van der Waals surface area (Å²) in [7, 11) is 1.96. The van der Waals surface area contributed by atoms with Crippen LogP contribution in [0.4, 0.5) is 0 Å². The molecule has 5 heteroatoms. The Hall–Kier alpha value is -0.650. The van der Waals surface area contributed by atoms with Crippen LogP contribution in [0.25, 0.3) is 0 Å². The topological polar surface area (TPSA) is 29.9 Å². The maximum absolute atomic E-state index is 4.13. The molecule has 0 bridgehead atoms. The average Bonchev–Trinajstić information content (AvgIpc) is 2.76. The van der Waals surface area contributed by atoms with Crippen LogP contribution in [0, 0.1) is 6.92 Å². The fourth-order valence-electron chi connectivity index (χ4n) is 1.50. The first-order valence-corrected chi connectivity index (χ1v) is 6.70. The van der Waals surface area contributed by atoms with E-state index in [0.29, 0.717) is 0 Å². The molecule has 0 aliphatic heterocycles. The molecular formula is C11H14BrN3S. The van der Waals surface area contributed by atoms with Crippen LogP contribution in [0.1, 0.15) is 16.1 Å². The van der Waals surface area contributed by atoms with E-state index in [1.54, 1.807) is 11.3 Å². The van der Waals surface area contributed by atoms with Crippen molar-refractivity contribution in [2.45, 2.75) is 20.0 Å². The molecule has 0 atom stereocenters. The van der Waals surface area contributed by atoms with Gasteiger partial charge in [0.25, 0.3) is 0 Å². The number of rotatable bonds is 4. The minimum absolute atomic E-state index is 0.852. The number of aryl methyl sites for hydroxylation is 2. The molecule has 0 spiro atoms. The predicted molar refractivity (Wildman–Crippen MR) is 70.5 cm³/mol. The fraction of sp³-hybridized carbons (Fsp3) is 0.364. The predicted octanol–water partition coefficient (Wildman–Crippen LogP) is 2.84. The van der Waals surface area contributed by atoms with E-state index in [-0.39, 0.29) is 0 Å². The third-order valence-electron chi connectivity index (χ3n) is 2.44.